The van der Waals surface area contributed by atoms with E-state index in [2.05, 4.69) is 15.6 Å². The SMILES string of the molecule is CC(Cn1cc(CNCC2CC2)nn1)C(N)=O. The van der Waals surface area contributed by atoms with Crippen molar-refractivity contribution in [2.75, 3.05) is 6.54 Å². The third-order valence-corrected chi connectivity index (χ3v) is 2.97. The number of nitrogens with one attached hydrogen (secondary N) is 1. The summed E-state index contributed by atoms with van der Waals surface area (Å²) in [5.74, 6) is 0.331. The molecule has 0 bridgehead atoms. The van der Waals surface area contributed by atoms with Crippen LogP contribution in [0.3, 0.4) is 0 Å². The Balaban J connectivity index is 1.76. The maximum atomic E-state index is 10.9. The summed E-state index contributed by atoms with van der Waals surface area (Å²) in [6.07, 6.45) is 4.55. The van der Waals surface area contributed by atoms with Crippen LogP contribution in [0.5, 0.6) is 0 Å². The van der Waals surface area contributed by atoms with Gasteiger partial charge in [-0.15, -0.1) is 5.10 Å². The Hall–Kier alpha value is -1.43. The lowest BCUT2D eigenvalue weighted by atomic mass is 10.2. The van der Waals surface area contributed by atoms with Gasteiger partial charge in [0.15, 0.2) is 0 Å². The monoisotopic (exact) mass is 237 g/mol. The second-order valence-electron chi connectivity index (χ2n) is 4.81. The number of aromatic nitrogens is 3. The zero-order valence-corrected chi connectivity index (χ0v) is 10.1. The highest BCUT2D eigenvalue weighted by atomic mass is 16.1. The molecule has 1 aliphatic carbocycles. The van der Waals surface area contributed by atoms with Crippen molar-refractivity contribution in [3.63, 3.8) is 0 Å². The van der Waals surface area contributed by atoms with Crippen molar-refractivity contribution < 1.29 is 4.79 Å². The van der Waals surface area contributed by atoms with Gasteiger partial charge in [0.25, 0.3) is 0 Å². The van der Waals surface area contributed by atoms with E-state index >= 15 is 0 Å². The first-order valence-corrected chi connectivity index (χ1v) is 6.04. The van der Waals surface area contributed by atoms with Crippen LogP contribution in [0.4, 0.5) is 0 Å². The van der Waals surface area contributed by atoms with Crippen LogP contribution < -0.4 is 11.1 Å². The number of nitrogens with zero attached hydrogens (tertiary/aromatic N) is 3. The van der Waals surface area contributed by atoms with Crippen molar-refractivity contribution in [2.45, 2.75) is 32.9 Å². The van der Waals surface area contributed by atoms with Crippen LogP contribution in [0.15, 0.2) is 6.20 Å². The molecule has 0 aliphatic heterocycles. The molecule has 1 amide bonds. The topological polar surface area (TPSA) is 85.8 Å². The van der Waals surface area contributed by atoms with E-state index in [1.165, 1.54) is 12.8 Å². The second kappa shape index (κ2) is 5.27. The van der Waals surface area contributed by atoms with Crippen LogP contribution in [-0.2, 0) is 17.9 Å². The third kappa shape index (κ3) is 3.81. The fraction of sp³-hybridized carbons (Fsp3) is 0.727. The largest absolute Gasteiger partial charge is 0.369 e. The fourth-order valence-corrected chi connectivity index (χ4v) is 1.61. The van der Waals surface area contributed by atoms with E-state index in [4.69, 9.17) is 5.73 Å². The van der Waals surface area contributed by atoms with E-state index in [1.807, 2.05) is 6.20 Å². The number of carbonyl (C=O) groups excluding carboxylic acids is 1. The highest BCUT2D eigenvalue weighted by Crippen LogP contribution is 2.27. The van der Waals surface area contributed by atoms with Crippen LogP contribution >= 0.6 is 0 Å². The molecule has 2 rings (SSSR count). The molecule has 0 spiro atoms. The average Bonchev–Trinajstić information content (AvgIpc) is 2.99. The number of carbonyl (C=O) groups is 1. The number of amides is 1. The van der Waals surface area contributed by atoms with Crippen LogP contribution in [0.1, 0.15) is 25.5 Å². The van der Waals surface area contributed by atoms with Crippen molar-refractivity contribution >= 4 is 5.91 Å². The number of hydrogen-bond acceptors (Lipinski definition) is 4. The molecule has 94 valence electrons. The Kier molecular flexibility index (Phi) is 3.73. The van der Waals surface area contributed by atoms with E-state index in [0.717, 1.165) is 24.7 Å². The van der Waals surface area contributed by atoms with Gasteiger partial charge in [-0.25, -0.2) is 0 Å². The smallest absolute Gasteiger partial charge is 0.222 e. The fourth-order valence-electron chi connectivity index (χ4n) is 1.61. The molecule has 0 radical (unpaired) electrons. The lowest BCUT2D eigenvalue weighted by molar-refractivity contribution is -0.121. The molecule has 1 fully saturated rings. The quantitative estimate of drug-likeness (QED) is 0.693. The first kappa shape index (κ1) is 12.0. The van der Waals surface area contributed by atoms with Crippen LogP contribution in [0, 0.1) is 11.8 Å². The molecule has 17 heavy (non-hydrogen) atoms. The number of hydrogen-bond donors (Lipinski definition) is 2. The minimum absolute atomic E-state index is 0.219. The van der Waals surface area contributed by atoms with Crippen molar-refractivity contribution in [2.24, 2.45) is 17.6 Å². The Morgan fingerprint density at radius 2 is 2.47 bits per heavy atom. The van der Waals surface area contributed by atoms with E-state index in [9.17, 15) is 4.79 Å². The highest BCUT2D eigenvalue weighted by Gasteiger charge is 2.20. The Bertz CT molecular complexity index is 385. The molecule has 1 aromatic heterocycles. The zero-order valence-electron chi connectivity index (χ0n) is 10.1. The van der Waals surface area contributed by atoms with Gasteiger partial charge >= 0.3 is 0 Å². The third-order valence-electron chi connectivity index (χ3n) is 2.97. The van der Waals surface area contributed by atoms with Gasteiger partial charge < -0.3 is 11.1 Å². The number of primary amides is 1. The van der Waals surface area contributed by atoms with Gasteiger partial charge in [-0.1, -0.05) is 12.1 Å². The molecule has 1 aromatic rings. The van der Waals surface area contributed by atoms with Crippen LogP contribution in [0.25, 0.3) is 0 Å². The van der Waals surface area contributed by atoms with Gasteiger partial charge in [-0.3, -0.25) is 9.48 Å². The minimum atomic E-state index is -0.311. The maximum absolute atomic E-state index is 10.9. The lowest BCUT2D eigenvalue weighted by Crippen LogP contribution is -2.24. The van der Waals surface area contributed by atoms with Gasteiger partial charge in [0.05, 0.1) is 18.2 Å². The highest BCUT2D eigenvalue weighted by molar-refractivity contribution is 5.76. The van der Waals surface area contributed by atoms with Crippen LogP contribution in [0.2, 0.25) is 0 Å². The molecule has 1 aliphatic rings. The van der Waals surface area contributed by atoms with Crippen molar-refractivity contribution in [1.82, 2.24) is 20.3 Å². The second-order valence-corrected chi connectivity index (χ2v) is 4.81. The van der Waals surface area contributed by atoms with E-state index in [-0.39, 0.29) is 11.8 Å². The van der Waals surface area contributed by atoms with Gasteiger partial charge in [-0.2, -0.15) is 0 Å². The molecule has 0 aromatic carbocycles. The molecular weight excluding hydrogens is 218 g/mol. The summed E-state index contributed by atoms with van der Waals surface area (Å²) in [6, 6.07) is 0. The first-order chi connectivity index (χ1) is 8.15. The predicted octanol–water partition coefficient (Wildman–Crippen LogP) is -0.101. The normalized spacial score (nSPS) is 17.0. The summed E-state index contributed by atoms with van der Waals surface area (Å²) in [6.45, 7) is 4.08. The first-order valence-electron chi connectivity index (χ1n) is 6.04. The molecule has 1 saturated carbocycles. The lowest BCUT2D eigenvalue weighted by Gasteiger charge is -2.05. The van der Waals surface area contributed by atoms with Gasteiger partial charge in [0.1, 0.15) is 0 Å². The standard InChI is InChI=1S/C11H19N5O/c1-8(11(12)17)6-16-7-10(14-15-16)5-13-4-9-2-3-9/h7-9,13H,2-6H2,1H3,(H2,12,17). The Labute approximate surface area is 101 Å². The zero-order chi connectivity index (χ0) is 12.3. The van der Waals surface area contributed by atoms with E-state index in [1.54, 1.807) is 11.6 Å². The van der Waals surface area contributed by atoms with E-state index < -0.39 is 0 Å². The average molecular weight is 237 g/mol. The molecule has 6 nitrogen and oxygen atoms in total. The molecule has 3 N–H and O–H groups in total. The molecule has 1 heterocycles. The Morgan fingerprint density at radius 1 is 1.71 bits per heavy atom. The Morgan fingerprint density at radius 3 is 3.12 bits per heavy atom. The van der Waals surface area contributed by atoms with Gasteiger partial charge in [0, 0.05) is 12.7 Å². The number of rotatable bonds is 7. The van der Waals surface area contributed by atoms with Crippen molar-refractivity contribution in [1.29, 1.82) is 0 Å². The van der Waals surface area contributed by atoms with Crippen LogP contribution in [-0.4, -0.2) is 27.4 Å². The maximum Gasteiger partial charge on any atom is 0.222 e. The summed E-state index contributed by atoms with van der Waals surface area (Å²) < 4.78 is 1.67. The van der Waals surface area contributed by atoms with Gasteiger partial charge in [-0.05, 0) is 25.3 Å². The molecule has 6 heteroatoms. The summed E-state index contributed by atoms with van der Waals surface area (Å²) in [5.41, 5.74) is 6.10. The van der Waals surface area contributed by atoms with Gasteiger partial charge in [0.2, 0.25) is 5.91 Å². The predicted molar refractivity (Wildman–Crippen MR) is 62.8 cm³/mol. The summed E-state index contributed by atoms with van der Waals surface area (Å²) >= 11 is 0. The molecule has 1 unspecified atom stereocenters. The molecule has 0 saturated heterocycles. The number of nitrogens with two attached hydrogens (primary N) is 1. The molecule has 1 atom stereocenters. The molecular formula is C11H19N5O. The summed E-state index contributed by atoms with van der Waals surface area (Å²) in [5, 5.41) is 11.4. The summed E-state index contributed by atoms with van der Waals surface area (Å²) in [4.78, 5) is 10.9. The van der Waals surface area contributed by atoms with E-state index in [0.29, 0.717) is 6.54 Å². The minimum Gasteiger partial charge on any atom is -0.369 e. The van der Waals surface area contributed by atoms with Crippen molar-refractivity contribution in [3.8, 4) is 0 Å². The summed E-state index contributed by atoms with van der Waals surface area (Å²) in [7, 11) is 0. The van der Waals surface area contributed by atoms with Crippen molar-refractivity contribution in [3.05, 3.63) is 11.9 Å².